The van der Waals surface area contributed by atoms with Crippen molar-refractivity contribution in [2.45, 2.75) is 4.90 Å². The molecule has 2 N–H and O–H groups in total. The maximum atomic E-state index is 13.9. The highest BCUT2D eigenvalue weighted by Gasteiger charge is 2.18. The van der Waals surface area contributed by atoms with Gasteiger partial charge in [-0.2, -0.15) is 0 Å². The van der Waals surface area contributed by atoms with Gasteiger partial charge in [0.05, 0.1) is 29.0 Å². The number of carbonyl (C=O) groups excluding carboxylic acids is 1. The number of rotatable bonds is 8. The maximum absolute atomic E-state index is 13.9. The van der Waals surface area contributed by atoms with Gasteiger partial charge in [-0.25, -0.2) is 22.5 Å². The minimum Gasteiger partial charge on any atom is -0.475 e. The van der Waals surface area contributed by atoms with Gasteiger partial charge < -0.3 is 14.8 Å². The zero-order valence-corrected chi connectivity index (χ0v) is 15.0. The zero-order valence-electron chi connectivity index (χ0n) is 14.2. The first kappa shape index (κ1) is 19.8. The number of anilines is 1. The smallest absolute Gasteiger partial charge is 0.258 e. The Kier molecular flexibility index (Phi) is 6.61. The zero-order chi connectivity index (χ0) is 19.2. The topological polar surface area (TPSA) is 107 Å². The predicted octanol–water partition coefficient (Wildman–Crippen LogP) is 1.41. The summed E-state index contributed by atoms with van der Waals surface area (Å²) in [5.74, 6) is -1.30. The van der Waals surface area contributed by atoms with E-state index in [4.69, 9.17) is 9.47 Å². The van der Waals surface area contributed by atoms with Crippen LogP contribution in [0.15, 0.2) is 41.4 Å². The molecule has 1 heterocycles. The molecule has 2 aromatic rings. The van der Waals surface area contributed by atoms with Gasteiger partial charge in [0.15, 0.2) is 0 Å². The number of hydrogen-bond acceptors (Lipinski definition) is 6. The summed E-state index contributed by atoms with van der Waals surface area (Å²) in [4.78, 5) is 16.0. The molecule has 0 atom stereocenters. The lowest BCUT2D eigenvalue weighted by Gasteiger charge is -2.09. The van der Waals surface area contributed by atoms with Gasteiger partial charge in [-0.1, -0.05) is 0 Å². The minimum absolute atomic E-state index is 0.216. The molecule has 1 aromatic carbocycles. The van der Waals surface area contributed by atoms with Crippen molar-refractivity contribution in [1.29, 1.82) is 0 Å². The molecule has 26 heavy (non-hydrogen) atoms. The van der Waals surface area contributed by atoms with Gasteiger partial charge in [0.25, 0.3) is 5.91 Å². The standard InChI is InChI=1S/C16H18FN3O5S/c1-18-26(22,23)12-4-5-14(17)13(9-12)16(21)20-11-3-6-15(19-10-11)25-8-7-24-2/h3-6,9-10,18H,7-8H2,1-2H3,(H,20,21). The van der Waals surface area contributed by atoms with Crippen molar-refractivity contribution in [1.82, 2.24) is 9.71 Å². The summed E-state index contributed by atoms with van der Waals surface area (Å²) in [5.41, 5.74) is -0.0999. The summed E-state index contributed by atoms with van der Waals surface area (Å²) in [7, 11) is -1.03. The van der Waals surface area contributed by atoms with E-state index in [2.05, 4.69) is 15.0 Å². The molecule has 0 spiro atoms. The van der Waals surface area contributed by atoms with Crippen molar-refractivity contribution in [3.05, 3.63) is 47.9 Å². The Morgan fingerprint density at radius 3 is 2.62 bits per heavy atom. The first-order chi connectivity index (χ1) is 12.4. The normalized spacial score (nSPS) is 11.2. The average Bonchev–Trinajstić information content (AvgIpc) is 2.63. The quantitative estimate of drug-likeness (QED) is 0.668. The number of sulfonamides is 1. The van der Waals surface area contributed by atoms with Crippen LogP contribution in [-0.4, -0.2) is 46.7 Å². The fourth-order valence-electron chi connectivity index (χ4n) is 1.93. The molecule has 8 nitrogen and oxygen atoms in total. The third kappa shape index (κ3) is 4.97. The number of nitrogens with zero attached hydrogens (tertiary/aromatic N) is 1. The van der Waals surface area contributed by atoms with E-state index in [0.717, 1.165) is 18.2 Å². The summed E-state index contributed by atoms with van der Waals surface area (Å²) in [6, 6.07) is 6.02. The number of hydrogen-bond donors (Lipinski definition) is 2. The third-order valence-corrected chi connectivity index (χ3v) is 4.71. The number of halogens is 1. The van der Waals surface area contributed by atoms with E-state index in [9.17, 15) is 17.6 Å². The van der Waals surface area contributed by atoms with Crippen LogP contribution in [0.4, 0.5) is 10.1 Å². The molecule has 0 unspecified atom stereocenters. The molecule has 2 rings (SSSR count). The van der Waals surface area contributed by atoms with Crippen molar-refractivity contribution in [3.63, 3.8) is 0 Å². The van der Waals surface area contributed by atoms with Crippen LogP contribution in [0.25, 0.3) is 0 Å². The maximum Gasteiger partial charge on any atom is 0.258 e. The van der Waals surface area contributed by atoms with Gasteiger partial charge in [-0.05, 0) is 31.3 Å². The lowest BCUT2D eigenvalue weighted by molar-refractivity contribution is 0.102. The number of amides is 1. The van der Waals surface area contributed by atoms with E-state index >= 15 is 0 Å². The molecule has 1 aromatic heterocycles. The summed E-state index contributed by atoms with van der Waals surface area (Å²) in [5, 5.41) is 2.45. The molecule has 0 aliphatic carbocycles. The fraction of sp³-hybridized carbons (Fsp3) is 0.250. The van der Waals surface area contributed by atoms with Gasteiger partial charge in [0.1, 0.15) is 12.4 Å². The van der Waals surface area contributed by atoms with Crippen LogP contribution in [0.3, 0.4) is 0 Å². The van der Waals surface area contributed by atoms with Crippen LogP contribution >= 0.6 is 0 Å². The van der Waals surface area contributed by atoms with E-state index in [1.54, 1.807) is 7.11 Å². The number of ether oxygens (including phenoxy) is 2. The van der Waals surface area contributed by atoms with Gasteiger partial charge >= 0.3 is 0 Å². The lowest BCUT2D eigenvalue weighted by atomic mass is 10.2. The molecule has 1 amide bonds. The van der Waals surface area contributed by atoms with E-state index in [-0.39, 0.29) is 4.90 Å². The molecule has 0 bridgehead atoms. The average molecular weight is 383 g/mol. The second kappa shape index (κ2) is 8.70. The van der Waals surface area contributed by atoms with Gasteiger partial charge in [-0.15, -0.1) is 0 Å². The van der Waals surface area contributed by atoms with Crippen molar-refractivity contribution in [2.75, 3.05) is 32.7 Å². The van der Waals surface area contributed by atoms with E-state index in [1.165, 1.54) is 25.4 Å². The highest BCUT2D eigenvalue weighted by atomic mass is 32.2. The number of pyridine rings is 1. The summed E-state index contributed by atoms with van der Waals surface area (Å²) >= 11 is 0. The molecule has 0 saturated carbocycles. The first-order valence-corrected chi connectivity index (χ1v) is 8.98. The van der Waals surface area contributed by atoms with E-state index in [0.29, 0.717) is 24.8 Å². The molecule has 0 aliphatic rings. The largest absolute Gasteiger partial charge is 0.475 e. The van der Waals surface area contributed by atoms with Gasteiger partial charge in [0, 0.05) is 13.2 Å². The van der Waals surface area contributed by atoms with Crippen molar-refractivity contribution in [2.24, 2.45) is 0 Å². The summed E-state index contributed by atoms with van der Waals surface area (Å²) in [6.45, 7) is 0.735. The molecule has 10 heteroatoms. The monoisotopic (exact) mass is 383 g/mol. The van der Waals surface area contributed by atoms with Crippen LogP contribution in [0.5, 0.6) is 5.88 Å². The third-order valence-electron chi connectivity index (χ3n) is 3.29. The fourth-order valence-corrected chi connectivity index (χ4v) is 2.69. The predicted molar refractivity (Wildman–Crippen MR) is 92.2 cm³/mol. The highest BCUT2D eigenvalue weighted by Crippen LogP contribution is 2.18. The van der Waals surface area contributed by atoms with Gasteiger partial charge in [-0.3, -0.25) is 4.79 Å². The lowest BCUT2D eigenvalue weighted by Crippen LogP contribution is -2.20. The molecule has 0 saturated heterocycles. The Morgan fingerprint density at radius 2 is 2.00 bits per heavy atom. The van der Waals surface area contributed by atoms with Gasteiger partial charge in [0.2, 0.25) is 15.9 Å². The second-order valence-corrected chi connectivity index (χ2v) is 6.92. The Morgan fingerprint density at radius 1 is 1.23 bits per heavy atom. The van der Waals surface area contributed by atoms with Crippen molar-refractivity contribution < 1.29 is 27.1 Å². The minimum atomic E-state index is -3.80. The number of carbonyl (C=O) groups is 1. The molecular weight excluding hydrogens is 365 g/mol. The van der Waals surface area contributed by atoms with Crippen LogP contribution < -0.4 is 14.8 Å². The molecule has 0 radical (unpaired) electrons. The number of aromatic nitrogens is 1. The van der Waals surface area contributed by atoms with Crippen molar-refractivity contribution in [3.8, 4) is 5.88 Å². The SMILES string of the molecule is CNS(=O)(=O)c1ccc(F)c(C(=O)Nc2ccc(OCCOC)nc2)c1. The molecular formula is C16H18FN3O5S. The van der Waals surface area contributed by atoms with Crippen molar-refractivity contribution >= 4 is 21.6 Å². The van der Waals surface area contributed by atoms with Crippen LogP contribution in [0.1, 0.15) is 10.4 Å². The Hall–Kier alpha value is -2.56. The number of nitrogens with one attached hydrogen (secondary N) is 2. The van der Waals surface area contributed by atoms with E-state index < -0.39 is 27.3 Å². The van der Waals surface area contributed by atoms with E-state index in [1.807, 2.05) is 0 Å². The second-order valence-electron chi connectivity index (χ2n) is 5.03. The molecule has 140 valence electrons. The highest BCUT2D eigenvalue weighted by molar-refractivity contribution is 7.89. The van der Waals surface area contributed by atoms with Crippen LogP contribution in [0, 0.1) is 5.82 Å². The molecule has 0 fully saturated rings. The summed E-state index contributed by atoms with van der Waals surface area (Å²) < 4.78 is 49.8. The first-order valence-electron chi connectivity index (χ1n) is 7.49. The van der Waals surface area contributed by atoms with Crippen LogP contribution in [-0.2, 0) is 14.8 Å². The molecule has 0 aliphatic heterocycles. The Balaban J connectivity index is 2.13. The number of benzene rings is 1. The number of methoxy groups -OCH3 is 1. The Bertz CT molecular complexity index is 872. The van der Waals surface area contributed by atoms with Crippen LogP contribution in [0.2, 0.25) is 0 Å². The summed E-state index contributed by atoms with van der Waals surface area (Å²) in [6.07, 6.45) is 1.34. The Labute approximate surface area is 150 Å².